The lowest BCUT2D eigenvalue weighted by Gasteiger charge is -1.19. The van der Waals surface area contributed by atoms with Crippen LogP contribution in [0.3, 0.4) is 0 Å². The molecule has 0 aliphatic heterocycles. The molecule has 0 saturated heterocycles. The minimum absolute atomic E-state index is 0. The molecule has 0 radical (unpaired) electrons. The first-order valence-corrected chi connectivity index (χ1v) is 1.58. The molecule has 1 unspecified atom stereocenters. The van der Waals surface area contributed by atoms with Crippen LogP contribution in [0.5, 0.6) is 0 Å². The standard InChI is InChI=1S/C2H6.CH5N.H3P/c2*1-2;/h1-2H3;2H2,1H3;1H3. The minimum Gasteiger partial charge on any atom is -0.333 e. The van der Waals surface area contributed by atoms with Crippen molar-refractivity contribution in [2.45, 2.75) is 13.8 Å². The summed E-state index contributed by atoms with van der Waals surface area (Å²) in [5.41, 5.74) is 4.50. The Morgan fingerprint density at radius 2 is 1.00 bits per heavy atom. The molecule has 0 fully saturated rings. The molecule has 0 aliphatic rings. The molecule has 0 spiro atoms. The summed E-state index contributed by atoms with van der Waals surface area (Å²) >= 11 is 0. The molecule has 0 amide bonds. The molecule has 0 aliphatic carbocycles. The van der Waals surface area contributed by atoms with E-state index in [9.17, 15) is 0 Å². The molecule has 0 bridgehead atoms. The van der Waals surface area contributed by atoms with E-state index >= 15 is 0 Å². The SMILES string of the molecule is CC.CN.P. The highest BCUT2D eigenvalue weighted by molar-refractivity contribution is 6.92. The van der Waals surface area contributed by atoms with Crippen LogP contribution in [-0.2, 0) is 0 Å². The van der Waals surface area contributed by atoms with E-state index in [-0.39, 0.29) is 9.90 Å². The molecule has 2 N–H and O–H groups in total. The third-order valence-corrected chi connectivity index (χ3v) is 0. The van der Waals surface area contributed by atoms with Gasteiger partial charge in [0.05, 0.1) is 0 Å². The van der Waals surface area contributed by atoms with Gasteiger partial charge in [-0.1, -0.05) is 13.8 Å². The second kappa shape index (κ2) is 332. The summed E-state index contributed by atoms with van der Waals surface area (Å²) in [6, 6.07) is 0. The van der Waals surface area contributed by atoms with Gasteiger partial charge in [0.15, 0.2) is 0 Å². The fourth-order valence-electron chi connectivity index (χ4n) is 0. The van der Waals surface area contributed by atoms with Gasteiger partial charge in [0.2, 0.25) is 0 Å². The fourth-order valence-corrected chi connectivity index (χ4v) is 0. The van der Waals surface area contributed by atoms with Crippen LogP contribution in [0.1, 0.15) is 13.8 Å². The van der Waals surface area contributed by atoms with Crippen molar-refractivity contribution >= 4 is 9.90 Å². The normalized spacial score (nSPS) is 2.40. The molecular formula is C3H14NP. The number of hydrogen-bond acceptors (Lipinski definition) is 1. The molecule has 0 aromatic carbocycles. The Labute approximate surface area is 37.6 Å². The van der Waals surface area contributed by atoms with Crippen molar-refractivity contribution in [3.05, 3.63) is 0 Å². The van der Waals surface area contributed by atoms with Gasteiger partial charge in [0, 0.05) is 0 Å². The molecule has 0 rings (SSSR count). The fraction of sp³-hybridized carbons (Fsp3) is 1.00. The molecule has 1 nitrogen and oxygen atoms in total. The van der Waals surface area contributed by atoms with E-state index < -0.39 is 0 Å². The zero-order chi connectivity index (χ0) is 4.00. The van der Waals surface area contributed by atoms with Crippen LogP contribution in [0.15, 0.2) is 0 Å². The van der Waals surface area contributed by atoms with Crippen LogP contribution >= 0.6 is 9.90 Å². The lowest BCUT2D eigenvalue weighted by Crippen LogP contribution is -1.69. The minimum atomic E-state index is 0. The first kappa shape index (κ1) is 18.2. The zero-order valence-corrected chi connectivity index (χ0v) is 5.70. The number of nitrogens with two attached hydrogens (primary N) is 1. The van der Waals surface area contributed by atoms with Crippen molar-refractivity contribution in [3.63, 3.8) is 0 Å². The van der Waals surface area contributed by atoms with E-state index in [1.54, 1.807) is 0 Å². The van der Waals surface area contributed by atoms with E-state index in [4.69, 9.17) is 0 Å². The smallest absolute Gasteiger partial charge is 0.0195 e. The number of hydrogen-bond donors (Lipinski definition) is 1. The lowest BCUT2D eigenvalue weighted by molar-refractivity contribution is 1.48. The van der Waals surface area contributed by atoms with E-state index in [1.807, 2.05) is 13.8 Å². The summed E-state index contributed by atoms with van der Waals surface area (Å²) in [5.74, 6) is 0. The van der Waals surface area contributed by atoms with Crippen LogP contribution in [0.2, 0.25) is 0 Å². The Morgan fingerprint density at radius 3 is 1.00 bits per heavy atom. The summed E-state index contributed by atoms with van der Waals surface area (Å²) < 4.78 is 0. The average molecular weight is 95.1 g/mol. The Hall–Kier alpha value is 0.390. The van der Waals surface area contributed by atoms with Gasteiger partial charge in [-0.15, -0.1) is 0 Å². The Morgan fingerprint density at radius 1 is 1.00 bits per heavy atom. The molecule has 0 heterocycles. The van der Waals surface area contributed by atoms with Crippen LogP contribution < -0.4 is 5.73 Å². The lowest BCUT2D eigenvalue weighted by atomic mass is 11.0. The summed E-state index contributed by atoms with van der Waals surface area (Å²) in [5, 5.41) is 0. The molecule has 2 heteroatoms. The van der Waals surface area contributed by atoms with Crippen LogP contribution in [0.25, 0.3) is 0 Å². The average Bonchev–Trinajstić information content (AvgIpc) is 1.50. The van der Waals surface area contributed by atoms with Gasteiger partial charge in [0.25, 0.3) is 0 Å². The third-order valence-electron chi connectivity index (χ3n) is 0. The van der Waals surface area contributed by atoms with Crippen molar-refractivity contribution in [2.24, 2.45) is 5.73 Å². The highest BCUT2D eigenvalue weighted by Gasteiger charge is 0.932. The van der Waals surface area contributed by atoms with Crippen molar-refractivity contribution in [1.29, 1.82) is 0 Å². The largest absolute Gasteiger partial charge is 0.333 e. The second-order valence-electron chi connectivity index (χ2n) is 0. The van der Waals surface area contributed by atoms with Crippen LogP contribution in [-0.4, -0.2) is 7.05 Å². The zero-order valence-electron chi connectivity index (χ0n) is 4.28. The van der Waals surface area contributed by atoms with E-state index in [1.165, 1.54) is 7.05 Å². The van der Waals surface area contributed by atoms with Gasteiger partial charge >= 0.3 is 0 Å². The summed E-state index contributed by atoms with van der Waals surface area (Å²) in [4.78, 5) is 0. The highest BCUT2D eigenvalue weighted by Crippen LogP contribution is 1.14. The molecule has 0 aromatic heterocycles. The number of rotatable bonds is 0. The molecule has 0 aromatic rings. The van der Waals surface area contributed by atoms with Crippen molar-refractivity contribution in [3.8, 4) is 0 Å². The van der Waals surface area contributed by atoms with E-state index in [0.717, 1.165) is 0 Å². The predicted octanol–water partition coefficient (Wildman–Crippen LogP) is 0.659. The van der Waals surface area contributed by atoms with Gasteiger partial charge in [-0.3, -0.25) is 0 Å². The van der Waals surface area contributed by atoms with Crippen molar-refractivity contribution in [2.75, 3.05) is 7.05 Å². The van der Waals surface area contributed by atoms with Gasteiger partial charge in [0.1, 0.15) is 0 Å². The maximum Gasteiger partial charge on any atom is -0.0195 e. The molecule has 5 heavy (non-hydrogen) atoms. The molecule has 1 atom stereocenters. The third kappa shape index (κ3) is 165. The summed E-state index contributed by atoms with van der Waals surface area (Å²) in [6.45, 7) is 4.00. The summed E-state index contributed by atoms with van der Waals surface area (Å²) in [6.07, 6.45) is 0. The first-order chi connectivity index (χ1) is 2.00. The maximum absolute atomic E-state index is 4.50. The molecule has 0 saturated carbocycles. The van der Waals surface area contributed by atoms with E-state index in [0.29, 0.717) is 0 Å². The van der Waals surface area contributed by atoms with Crippen LogP contribution in [0.4, 0.5) is 0 Å². The maximum atomic E-state index is 4.50. The Balaban J connectivity index is -0.0000000133. The summed E-state index contributed by atoms with van der Waals surface area (Å²) in [7, 11) is 1.50. The molecule has 36 valence electrons. The Bertz CT molecular complexity index is 6.85. The quantitative estimate of drug-likeness (QED) is 0.439. The topological polar surface area (TPSA) is 26.0 Å². The van der Waals surface area contributed by atoms with E-state index in [2.05, 4.69) is 5.73 Å². The van der Waals surface area contributed by atoms with Gasteiger partial charge < -0.3 is 5.73 Å². The van der Waals surface area contributed by atoms with Crippen molar-refractivity contribution < 1.29 is 0 Å². The second-order valence-corrected chi connectivity index (χ2v) is 0. The first-order valence-electron chi connectivity index (χ1n) is 1.58. The predicted molar refractivity (Wildman–Crippen MR) is 32.6 cm³/mol. The van der Waals surface area contributed by atoms with Gasteiger partial charge in [-0.2, -0.15) is 9.90 Å². The van der Waals surface area contributed by atoms with Crippen molar-refractivity contribution in [1.82, 2.24) is 0 Å². The van der Waals surface area contributed by atoms with Gasteiger partial charge in [-0.25, -0.2) is 0 Å². The monoisotopic (exact) mass is 95.1 g/mol. The Kier molecular flexibility index (Phi) is 1210. The van der Waals surface area contributed by atoms with Gasteiger partial charge in [-0.05, 0) is 7.05 Å². The molecular weight excluding hydrogens is 81.0 g/mol. The van der Waals surface area contributed by atoms with Crippen LogP contribution in [0, 0.1) is 0 Å². The highest BCUT2D eigenvalue weighted by atomic mass is 31.0.